The third kappa shape index (κ3) is 2.77. The Bertz CT molecular complexity index is 257. The van der Waals surface area contributed by atoms with Crippen molar-refractivity contribution in [1.29, 1.82) is 0 Å². The number of alkyl halides is 3. The highest BCUT2D eigenvalue weighted by molar-refractivity contribution is 5.07. The lowest BCUT2D eigenvalue weighted by molar-refractivity contribution is -0.134. The average Bonchev–Trinajstić information content (AvgIpc) is 2.30. The van der Waals surface area contributed by atoms with Crippen molar-refractivity contribution in [3.8, 4) is 0 Å². The Labute approximate surface area is 65.5 Å². The first kappa shape index (κ1) is 8.82. The summed E-state index contributed by atoms with van der Waals surface area (Å²) in [4.78, 5) is 3.41. The van der Waals surface area contributed by atoms with Crippen LogP contribution in [0.5, 0.6) is 0 Å². The number of aromatic nitrogens is 2. The summed E-state index contributed by atoms with van der Waals surface area (Å²) in [6.45, 7) is 0. The summed E-state index contributed by atoms with van der Waals surface area (Å²) in [6, 6.07) is -0.216. The van der Waals surface area contributed by atoms with E-state index in [0.29, 0.717) is 0 Å². The normalized spacial score (nSPS) is 11.9. The number of hydrogen-bond donors (Lipinski definition) is 1. The smallest absolute Gasteiger partial charge is 0.351 e. The van der Waals surface area contributed by atoms with E-state index in [1.165, 1.54) is 0 Å². The minimum atomic E-state index is -4.20. The topological polar surface area (TPSA) is 64.9 Å². The molecule has 1 aromatic rings. The predicted molar refractivity (Wildman–Crippen MR) is 33.1 cm³/mol. The Morgan fingerprint density at radius 1 is 1.42 bits per heavy atom. The van der Waals surface area contributed by atoms with Crippen molar-refractivity contribution in [2.45, 2.75) is 19.0 Å². The second-order valence-electron chi connectivity index (χ2n) is 2.16. The van der Waals surface area contributed by atoms with Crippen molar-refractivity contribution in [1.82, 2.24) is 10.1 Å². The van der Waals surface area contributed by atoms with Gasteiger partial charge in [-0.1, -0.05) is 5.16 Å². The van der Waals surface area contributed by atoms with Gasteiger partial charge in [-0.2, -0.15) is 18.2 Å². The molecule has 1 rings (SSSR count). The largest absolute Gasteiger partial charge is 0.389 e. The van der Waals surface area contributed by atoms with Crippen molar-refractivity contribution in [3.63, 3.8) is 0 Å². The molecule has 0 fully saturated rings. The lowest BCUT2D eigenvalue weighted by Crippen LogP contribution is -2.09. The molecule has 0 aromatic carbocycles. The maximum Gasteiger partial charge on any atom is 0.389 e. The SMILES string of the molecule is Nc1nc(CCC(F)(F)F)no1. The number of nitrogens with zero attached hydrogens (tertiary/aromatic N) is 2. The number of nitrogens with two attached hydrogens (primary N) is 1. The van der Waals surface area contributed by atoms with Gasteiger partial charge in [0.05, 0.1) is 6.42 Å². The molecule has 7 heteroatoms. The summed E-state index contributed by atoms with van der Waals surface area (Å²) in [5, 5.41) is 3.21. The van der Waals surface area contributed by atoms with Crippen LogP contribution in [0.25, 0.3) is 0 Å². The zero-order chi connectivity index (χ0) is 9.19. The second-order valence-corrected chi connectivity index (χ2v) is 2.16. The highest BCUT2D eigenvalue weighted by Crippen LogP contribution is 2.21. The van der Waals surface area contributed by atoms with Gasteiger partial charge in [-0.25, -0.2) is 0 Å². The molecule has 0 aliphatic carbocycles. The molecule has 0 aliphatic heterocycles. The first-order valence-corrected chi connectivity index (χ1v) is 3.12. The van der Waals surface area contributed by atoms with Crippen LogP contribution in [0.4, 0.5) is 19.2 Å². The number of nitrogen functional groups attached to an aromatic ring is 1. The maximum atomic E-state index is 11.6. The molecule has 1 aromatic heterocycles. The molecule has 0 saturated heterocycles. The summed E-state index contributed by atoms with van der Waals surface area (Å²) in [5.41, 5.74) is 5.00. The molecule has 0 atom stereocenters. The molecule has 2 N–H and O–H groups in total. The standard InChI is InChI=1S/C5H6F3N3O/c6-5(7,8)2-1-3-10-4(9)12-11-3/h1-2H2,(H2,9,10,11). The average molecular weight is 181 g/mol. The van der Waals surface area contributed by atoms with Crippen LogP contribution in [0.1, 0.15) is 12.2 Å². The van der Waals surface area contributed by atoms with E-state index in [9.17, 15) is 13.2 Å². The van der Waals surface area contributed by atoms with Crippen LogP contribution < -0.4 is 5.73 Å². The summed E-state index contributed by atoms with van der Waals surface area (Å²) in [5.74, 6) is -0.0233. The Morgan fingerprint density at radius 2 is 2.08 bits per heavy atom. The van der Waals surface area contributed by atoms with E-state index in [4.69, 9.17) is 5.73 Å². The minimum absolute atomic E-state index is 0.0233. The van der Waals surface area contributed by atoms with Gasteiger partial charge >= 0.3 is 12.2 Å². The minimum Gasteiger partial charge on any atom is -0.351 e. The third-order valence-corrected chi connectivity index (χ3v) is 1.12. The summed E-state index contributed by atoms with van der Waals surface area (Å²) in [6.07, 6.45) is -5.47. The van der Waals surface area contributed by atoms with E-state index >= 15 is 0 Å². The highest BCUT2D eigenvalue weighted by Gasteiger charge is 2.27. The molecule has 0 saturated carbocycles. The predicted octanol–water partition coefficient (Wildman–Crippen LogP) is 1.15. The number of hydrogen-bond acceptors (Lipinski definition) is 4. The van der Waals surface area contributed by atoms with Gasteiger partial charge in [-0.3, -0.25) is 0 Å². The molecule has 0 amide bonds. The third-order valence-electron chi connectivity index (χ3n) is 1.12. The van der Waals surface area contributed by atoms with Crippen LogP contribution in [0.3, 0.4) is 0 Å². The van der Waals surface area contributed by atoms with Crippen LogP contribution in [0.15, 0.2) is 4.52 Å². The van der Waals surface area contributed by atoms with Gasteiger partial charge in [-0.15, -0.1) is 0 Å². The zero-order valence-corrected chi connectivity index (χ0v) is 5.93. The van der Waals surface area contributed by atoms with E-state index in [1.807, 2.05) is 0 Å². The van der Waals surface area contributed by atoms with Gasteiger partial charge in [0.15, 0.2) is 5.82 Å². The monoisotopic (exact) mass is 181 g/mol. The molecule has 68 valence electrons. The van der Waals surface area contributed by atoms with Crippen LogP contribution >= 0.6 is 0 Å². The first-order valence-electron chi connectivity index (χ1n) is 3.12. The van der Waals surface area contributed by atoms with Crippen molar-refractivity contribution in [2.24, 2.45) is 0 Å². The highest BCUT2D eigenvalue weighted by atomic mass is 19.4. The quantitative estimate of drug-likeness (QED) is 0.743. The van der Waals surface area contributed by atoms with Gasteiger partial charge in [0.25, 0.3) is 0 Å². The fraction of sp³-hybridized carbons (Fsp3) is 0.600. The first-order chi connectivity index (χ1) is 5.47. The van der Waals surface area contributed by atoms with E-state index in [2.05, 4.69) is 14.7 Å². The molecule has 0 bridgehead atoms. The lowest BCUT2D eigenvalue weighted by Gasteiger charge is -2.01. The molecule has 1 heterocycles. The summed E-state index contributed by atoms with van der Waals surface area (Å²) >= 11 is 0. The van der Waals surface area contributed by atoms with Gasteiger partial charge in [0.2, 0.25) is 0 Å². The molecule has 0 radical (unpaired) electrons. The van der Waals surface area contributed by atoms with Crippen molar-refractivity contribution < 1.29 is 17.7 Å². The zero-order valence-electron chi connectivity index (χ0n) is 5.93. The molecule has 0 aliphatic rings. The summed E-state index contributed by atoms with van der Waals surface area (Å²) < 4.78 is 39.2. The van der Waals surface area contributed by atoms with E-state index in [0.717, 1.165) is 0 Å². The Kier molecular flexibility index (Phi) is 2.20. The Balaban J connectivity index is 2.44. The van der Waals surface area contributed by atoms with Crippen LogP contribution in [-0.4, -0.2) is 16.3 Å². The fourth-order valence-electron chi connectivity index (χ4n) is 0.623. The number of rotatable bonds is 2. The molecule has 4 nitrogen and oxygen atoms in total. The van der Waals surface area contributed by atoms with Crippen LogP contribution in [0, 0.1) is 0 Å². The fourth-order valence-corrected chi connectivity index (χ4v) is 0.623. The van der Waals surface area contributed by atoms with Crippen LogP contribution in [-0.2, 0) is 6.42 Å². The number of aryl methyl sites for hydroxylation is 1. The molecule has 0 unspecified atom stereocenters. The lowest BCUT2D eigenvalue weighted by atomic mass is 10.3. The molecule has 0 spiro atoms. The van der Waals surface area contributed by atoms with E-state index in [1.54, 1.807) is 0 Å². The van der Waals surface area contributed by atoms with Crippen molar-refractivity contribution >= 4 is 6.01 Å². The van der Waals surface area contributed by atoms with Crippen LogP contribution in [0.2, 0.25) is 0 Å². The number of halogens is 3. The molecular formula is C5H6F3N3O. The Morgan fingerprint density at radius 3 is 2.50 bits per heavy atom. The van der Waals surface area contributed by atoms with Gasteiger partial charge in [0, 0.05) is 6.42 Å². The molecule has 12 heavy (non-hydrogen) atoms. The number of anilines is 1. The van der Waals surface area contributed by atoms with Crippen molar-refractivity contribution in [2.75, 3.05) is 5.73 Å². The second kappa shape index (κ2) is 3.00. The Hall–Kier alpha value is -1.27. The maximum absolute atomic E-state index is 11.6. The van der Waals surface area contributed by atoms with E-state index in [-0.39, 0.29) is 18.3 Å². The van der Waals surface area contributed by atoms with E-state index < -0.39 is 12.6 Å². The van der Waals surface area contributed by atoms with Gasteiger partial charge < -0.3 is 10.3 Å². The van der Waals surface area contributed by atoms with Crippen molar-refractivity contribution in [3.05, 3.63) is 5.82 Å². The van der Waals surface area contributed by atoms with Gasteiger partial charge in [0.1, 0.15) is 0 Å². The summed E-state index contributed by atoms with van der Waals surface area (Å²) in [7, 11) is 0. The van der Waals surface area contributed by atoms with Gasteiger partial charge in [-0.05, 0) is 0 Å². The molecular weight excluding hydrogens is 175 g/mol.